The molecule has 1 saturated heterocycles. The van der Waals surface area contributed by atoms with Crippen LogP contribution in [-0.4, -0.2) is 51.2 Å². The standard InChI is InChI=1S/C25H30N4O4S/c1-18-16-29(17-19(2)33-18)24-10-7-20(14-26-24)15-27-25(30)11-12-28-34(31,32)23-9-8-21-5-3-4-6-22(21)13-23/h3-10,13-14,18-19,28H,11-12,15-17H2,1-2H3,(H,27,30). The predicted molar refractivity (Wildman–Crippen MR) is 132 cm³/mol. The van der Waals surface area contributed by atoms with Gasteiger partial charge in [-0.3, -0.25) is 4.79 Å². The molecule has 1 aromatic heterocycles. The van der Waals surface area contributed by atoms with Gasteiger partial charge >= 0.3 is 0 Å². The Hall–Kier alpha value is -3.01. The first-order valence-electron chi connectivity index (χ1n) is 11.4. The predicted octanol–water partition coefficient (Wildman–Crippen LogP) is 2.83. The van der Waals surface area contributed by atoms with Crippen molar-refractivity contribution >= 4 is 32.5 Å². The summed E-state index contributed by atoms with van der Waals surface area (Å²) in [7, 11) is -3.69. The highest BCUT2D eigenvalue weighted by Gasteiger charge is 2.23. The molecule has 9 heteroatoms. The van der Waals surface area contributed by atoms with Crippen LogP contribution >= 0.6 is 0 Å². The molecular weight excluding hydrogens is 452 g/mol. The molecule has 0 aliphatic carbocycles. The number of sulfonamides is 1. The zero-order valence-electron chi connectivity index (χ0n) is 19.4. The molecule has 0 spiro atoms. The van der Waals surface area contributed by atoms with Gasteiger partial charge < -0.3 is 15.0 Å². The van der Waals surface area contributed by atoms with Gasteiger partial charge in [0.15, 0.2) is 0 Å². The molecule has 0 radical (unpaired) electrons. The highest BCUT2D eigenvalue weighted by Crippen LogP contribution is 2.19. The fourth-order valence-electron chi connectivity index (χ4n) is 4.08. The average Bonchev–Trinajstić information content (AvgIpc) is 2.82. The molecule has 0 saturated carbocycles. The van der Waals surface area contributed by atoms with E-state index in [2.05, 4.69) is 33.8 Å². The van der Waals surface area contributed by atoms with Gasteiger partial charge in [0.1, 0.15) is 5.82 Å². The molecule has 2 N–H and O–H groups in total. The number of hydrogen-bond donors (Lipinski definition) is 2. The Kier molecular flexibility index (Phi) is 7.45. The summed E-state index contributed by atoms with van der Waals surface area (Å²) in [5.41, 5.74) is 0.878. The van der Waals surface area contributed by atoms with Crippen molar-refractivity contribution in [3.05, 3.63) is 66.4 Å². The van der Waals surface area contributed by atoms with E-state index in [0.29, 0.717) is 6.54 Å². The zero-order chi connectivity index (χ0) is 24.1. The molecule has 2 atom stereocenters. The lowest BCUT2D eigenvalue weighted by Gasteiger charge is -2.36. The van der Waals surface area contributed by atoms with Crippen LogP contribution in [0.15, 0.2) is 65.7 Å². The number of amides is 1. The van der Waals surface area contributed by atoms with Crippen LogP contribution in [0.1, 0.15) is 25.8 Å². The van der Waals surface area contributed by atoms with Gasteiger partial charge in [-0.05, 0) is 48.4 Å². The summed E-state index contributed by atoms with van der Waals surface area (Å²) in [5, 5.41) is 4.63. The summed E-state index contributed by atoms with van der Waals surface area (Å²) in [6.07, 6.45) is 2.11. The van der Waals surface area contributed by atoms with Gasteiger partial charge in [-0.15, -0.1) is 0 Å². The fourth-order valence-corrected chi connectivity index (χ4v) is 5.15. The van der Waals surface area contributed by atoms with E-state index >= 15 is 0 Å². The van der Waals surface area contributed by atoms with Gasteiger partial charge in [0.05, 0.1) is 17.1 Å². The quantitative estimate of drug-likeness (QED) is 0.512. The van der Waals surface area contributed by atoms with Crippen LogP contribution in [0, 0.1) is 0 Å². The monoisotopic (exact) mass is 482 g/mol. The summed E-state index contributed by atoms with van der Waals surface area (Å²) >= 11 is 0. The number of fused-ring (bicyclic) bond motifs is 1. The molecule has 4 rings (SSSR count). The minimum absolute atomic E-state index is 0.0194. The fraction of sp³-hybridized carbons (Fsp3) is 0.360. The van der Waals surface area contributed by atoms with E-state index in [1.54, 1.807) is 24.4 Å². The lowest BCUT2D eigenvalue weighted by molar-refractivity contribution is -0.121. The third-order valence-corrected chi connectivity index (χ3v) is 7.18. The van der Waals surface area contributed by atoms with Crippen molar-refractivity contribution in [1.82, 2.24) is 15.0 Å². The smallest absolute Gasteiger partial charge is 0.240 e. The maximum absolute atomic E-state index is 12.6. The first-order chi connectivity index (χ1) is 16.3. The second kappa shape index (κ2) is 10.5. The SMILES string of the molecule is CC1CN(c2ccc(CNC(=O)CCNS(=O)(=O)c3ccc4ccccc4c3)cn2)CC(C)O1. The lowest BCUT2D eigenvalue weighted by Crippen LogP contribution is -2.45. The van der Waals surface area contributed by atoms with Crippen LogP contribution < -0.4 is 14.9 Å². The molecule has 2 heterocycles. The zero-order valence-corrected chi connectivity index (χ0v) is 20.2. The molecule has 3 aromatic rings. The number of benzene rings is 2. The van der Waals surface area contributed by atoms with Crippen LogP contribution in [0.25, 0.3) is 10.8 Å². The van der Waals surface area contributed by atoms with E-state index in [4.69, 9.17) is 4.74 Å². The van der Waals surface area contributed by atoms with E-state index in [9.17, 15) is 13.2 Å². The Bertz CT molecular complexity index is 1240. The minimum atomic E-state index is -3.69. The van der Waals surface area contributed by atoms with Crippen LogP contribution in [0.5, 0.6) is 0 Å². The lowest BCUT2D eigenvalue weighted by atomic mass is 10.1. The summed E-state index contributed by atoms with van der Waals surface area (Å²) in [6.45, 7) is 6.04. The summed E-state index contributed by atoms with van der Waals surface area (Å²) < 4.78 is 33.4. The largest absolute Gasteiger partial charge is 0.372 e. The summed E-state index contributed by atoms with van der Waals surface area (Å²) in [5.74, 6) is 0.654. The van der Waals surface area contributed by atoms with Crippen molar-refractivity contribution in [2.75, 3.05) is 24.5 Å². The average molecular weight is 483 g/mol. The van der Waals surface area contributed by atoms with Crippen molar-refractivity contribution in [2.24, 2.45) is 0 Å². The number of pyridine rings is 1. The van der Waals surface area contributed by atoms with Crippen molar-refractivity contribution in [1.29, 1.82) is 0 Å². The van der Waals surface area contributed by atoms with E-state index in [1.165, 1.54) is 0 Å². The Morgan fingerprint density at radius 2 is 1.79 bits per heavy atom. The first kappa shape index (κ1) is 24.1. The molecule has 34 heavy (non-hydrogen) atoms. The van der Waals surface area contributed by atoms with Crippen molar-refractivity contribution < 1.29 is 17.9 Å². The number of morpholine rings is 1. The maximum atomic E-state index is 12.6. The second-order valence-electron chi connectivity index (χ2n) is 8.62. The number of rotatable bonds is 8. The van der Waals surface area contributed by atoms with Crippen LogP contribution in [0.2, 0.25) is 0 Å². The Morgan fingerprint density at radius 3 is 2.50 bits per heavy atom. The van der Waals surface area contributed by atoms with Gasteiger partial charge in [0.2, 0.25) is 15.9 Å². The molecular formula is C25H30N4O4S. The number of aromatic nitrogens is 1. The number of nitrogens with zero attached hydrogens (tertiary/aromatic N) is 2. The van der Waals surface area contributed by atoms with Gasteiger partial charge in [0, 0.05) is 38.8 Å². The molecule has 180 valence electrons. The number of ether oxygens (including phenoxy) is 1. The van der Waals surface area contributed by atoms with Crippen molar-refractivity contribution in [3.8, 4) is 0 Å². The molecule has 1 amide bonds. The van der Waals surface area contributed by atoms with Gasteiger partial charge in [-0.1, -0.05) is 36.4 Å². The Morgan fingerprint density at radius 1 is 1.06 bits per heavy atom. The first-order valence-corrected chi connectivity index (χ1v) is 12.9. The van der Waals surface area contributed by atoms with E-state index < -0.39 is 10.0 Å². The third kappa shape index (κ3) is 6.11. The Balaban J connectivity index is 1.24. The number of hydrogen-bond acceptors (Lipinski definition) is 6. The van der Waals surface area contributed by atoms with Crippen molar-refractivity contribution in [3.63, 3.8) is 0 Å². The van der Waals surface area contributed by atoms with Gasteiger partial charge in [-0.25, -0.2) is 18.1 Å². The highest BCUT2D eigenvalue weighted by molar-refractivity contribution is 7.89. The molecule has 0 bridgehead atoms. The second-order valence-corrected chi connectivity index (χ2v) is 10.4. The highest BCUT2D eigenvalue weighted by atomic mass is 32.2. The van der Waals surface area contributed by atoms with E-state index in [1.807, 2.05) is 36.4 Å². The molecule has 2 aromatic carbocycles. The number of nitrogens with one attached hydrogen (secondary N) is 2. The number of anilines is 1. The summed E-state index contributed by atoms with van der Waals surface area (Å²) in [4.78, 5) is 19.1. The maximum Gasteiger partial charge on any atom is 0.240 e. The minimum Gasteiger partial charge on any atom is -0.372 e. The van der Waals surface area contributed by atoms with Crippen LogP contribution in [-0.2, 0) is 26.1 Å². The van der Waals surface area contributed by atoms with Gasteiger partial charge in [-0.2, -0.15) is 0 Å². The van der Waals surface area contributed by atoms with Crippen LogP contribution in [0.4, 0.5) is 5.82 Å². The summed E-state index contributed by atoms with van der Waals surface area (Å²) in [6, 6.07) is 16.4. The molecule has 1 aliphatic heterocycles. The topological polar surface area (TPSA) is 101 Å². The van der Waals surface area contributed by atoms with E-state index in [0.717, 1.165) is 35.2 Å². The van der Waals surface area contributed by atoms with E-state index in [-0.39, 0.29) is 36.0 Å². The van der Waals surface area contributed by atoms with Gasteiger partial charge in [0.25, 0.3) is 0 Å². The normalized spacial score (nSPS) is 18.7. The molecule has 8 nitrogen and oxygen atoms in total. The molecule has 2 unspecified atom stereocenters. The Labute approximate surface area is 200 Å². The number of carbonyl (C=O) groups is 1. The third-order valence-electron chi connectivity index (χ3n) is 5.72. The number of carbonyl (C=O) groups excluding carboxylic acids is 1. The molecule has 1 fully saturated rings. The van der Waals surface area contributed by atoms with Crippen LogP contribution in [0.3, 0.4) is 0 Å². The molecule has 1 aliphatic rings. The van der Waals surface area contributed by atoms with Crippen molar-refractivity contribution in [2.45, 2.75) is 43.9 Å².